The Morgan fingerprint density at radius 2 is 2.09 bits per heavy atom. The van der Waals surface area contributed by atoms with Gasteiger partial charge in [-0.15, -0.1) is 0 Å². The smallest absolute Gasteiger partial charge is 0.193 e. The molecule has 0 spiro atoms. The van der Waals surface area contributed by atoms with E-state index in [0.29, 0.717) is 0 Å². The van der Waals surface area contributed by atoms with Gasteiger partial charge in [0.05, 0.1) is 0 Å². The zero-order chi connectivity index (χ0) is 15.8. The Hall–Kier alpha value is -1.55. The fourth-order valence-corrected chi connectivity index (χ4v) is 3.07. The van der Waals surface area contributed by atoms with E-state index in [2.05, 4.69) is 64.5 Å². The maximum Gasteiger partial charge on any atom is 0.193 e. The first-order chi connectivity index (χ1) is 10.7. The summed E-state index contributed by atoms with van der Waals surface area (Å²) in [7, 11) is 6.12. The van der Waals surface area contributed by atoms with Crippen molar-refractivity contribution >= 4 is 5.96 Å². The molecule has 0 aromatic heterocycles. The summed E-state index contributed by atoms with van der Waals surface area (Å²) in [6.07, 6.45) is 3.58. The molecule has 1 saturated heterocycles. The SMILES string of the molecule is CN=C(NCCCN(C)C)N1CCC(Cc2ccccc2)C1. The topological polar surface area (TPSA) is 30.9 Å². The predicted octanol–water partition coefficient (Wildman–Crippen LogP) is 2.08. The lowest BCUT2D eigenvalue weighted by Gasteiger charge is -2.22. The van der Waals surface area contributed by atoms with E-state index in [9.17, 15) is 0 Å². The van der Waals surface area contributed by atoms with Gasteiger partial charge in [0, 0.05) is 26.7 Å². The van der Waals surface area contributed by atoms with Crippen LogP contribution in [0.2, 0.25) is 0 Å². The lowest BCUT2D eigenvalue weighted by molar-refractivity contribution is 0.396. The second kappa shape index (κ2) is 8.79. The molecule has 1 heterocycles. The molecule has 1 aromatic rings. The number of benzene rings is 1. The molecule has 0 bridgehead atoms. The minimum absolute atomic E-state index is 0.739. The molecule has 1 fully saturated rings. The van der Waals surface area contributed by atoms with E-state index in [0.717, 1.165) is 44.5 Å². The van der Waals surface area contributed by atoms with E-state index >= 15 is 0 Å². The Labute approximate surface area is 135 Å². The fraction of sp³-hybridized carbons (Fsp3) is 0.611. The highest BCUT2D eigenvalue weighted by molar-refractivity contribution is 5.80. The van der Waals surface area contributed by atoms with E-state index in [-0.39, 0.29) is 0 Å². The molecule has 1 N–H and O–H groups in total. The van der Waals surface area contributed by atoms with E-state index < -0.39 is 0 Å². The highest BCUT2D eigenvalue weighted by Gasteiger charge is 2.24. The highest BCUT2D eigenvalue weighted by Crippen LogP contribution is 2.20. The van der Waals surface area contributed by atoms with Gasteiger partial charge in [-0.3, -0.25) is 4.99 Å². The molecule has 22 heavy (non-hydrogen) atoms. The Balaban J connectivity index is 1.75. The van der Waals surface area contributed by atoms with Gasteiger partial charge in [-0.05, 0) is 51.4 Å². The minimum Gasteiger partial charge on any atom is -0.356 e. The largest absolute Gasteiger partial charge is 0.356 e. The fourth-order valence-electron chi connectivity index (χ4n) is 3.07. The molecule has 1 unspecified atom stereocenters. The zero-order valence-corrected chi connectivity index (χ0v) is 14.3. The predicted molar refractivity (Wildman–Crippen MR) is 94.4 cm³/mol. The number of nitrogens with zero attached hydrogens (tertiary/aromatic N) is 3. The summed E-state index contributed by atoms with van der Waals surface area (Å²) in [5, 5.41) is 3.50. The second-order valence-electron chi connectivity index (χ2n) is 6.42. The Morgan fingerprint density at radius 3 is 2.77 bits per heavy atom. The van der Waals surface area contributed by atoms with Crippen molar-refractivity contribution in [2.45, 2.75) is 19.3 Å². The van der Waals surface area contributed by atoms with Crippen LogP contribution >= 0.6 is 0 Å². The van der Waals surface area contributed by atoms with Crippen molar-refractivity contribution in [1.82, 2.24) is 15.1 Å². The van der Waals surface area contributed by atoms with Crippen LogP contribution < -0.4 is 5.32 Å². The summed E-state index contributed by atoms with van der Waals surface area (Å²) in [6, 6.07) is 10.8. The molecule has 4 nitrogen and oxygen atoms in total. The van der Waals surface area contributed by atoms with Crippen LogP contribution in [0.1, 0.15) is 18.4 Å². The van der Waals surface area contributed by atoms with Crippen LogP contribution in [0.3, 0.4) is 0 Å². The van der Waals surface area contributed by atoms with Crippen molar-refractivity contribution < 1.29 is 0 Å². The van der Waals surface area contributed by atoms with Gasteiger partial charge in [0.15, 0.2) is 5.96 Å². The zero-order valence-electron chi connectivity index (χ0n) is 14.3. The van der Waals surface area contributed by atoms with Crippen molar-refractivity contribution in [2.75, 3.05) is 47.3 Å². The molecule has 2 rings (SSSR count). The Bertz CT molecular complexity index is 455. The van der Waals surface area contributed by atoms with Crippen molar-refractivity contribution in [1.29, 1.82) is 0 Å². The number of guanidine groups is 1. The molecule has 0 aliphatic carbocycles. The summed E-state index contributed by atoms with van der Waals surface area (Å²) in [6.45, 7) is 4.33. The average molecular weight is 302 g/mol. The number of hydrogen-bond acceptors (Lipinski definition) is 2. The first-order valence-electron chi connectivity index (χ1n) is 8.33. The number of hydrogen-bond donors (Lipinski definition) is 1. The number of rotatable bonds is 6. The van der Waals surface area contributed by atoms with Crippen LogP contribution in [-0.2, 0) is 6.42 Å². The van der Waals surface area contributed by atoms with Crippen LogP contribution in [0.4, 0.5) is 0 Å². The van der Waals surface area contributed by atoms with E-state index in [1.165, 1.54) is 18.4 Å². The third-order valence-corrected chi connectivity index (χ3v) is 4.23. The van der Waals surface area contributed by atoms with Crippen molar-refractivity contribution in [3.05, 3.63) is 35.9 Å². The lowest BCUT2D eigenvalue weighted by Crippen LogP contribution is -2.41. The molecule has 0 saturated carbocycles. The number of aliphatic imine (C=N–C) groups is 1. The molecule has 0 radical (unpaired) electrons. The van der Waals surface area contributed by atoms with Crippen molar-refractivity contribution in [3.8, 4) is 0 Å². The molecule has 1 aliphatic rings. The molecular weight excluding hydrogens is 272 g/mol. The van der Waals surface area contributed by atoms with Gasteiger partial charge in [-0.1, -0.05) is 30.3 Å². The van der Waals surface area contributed by atoms with Crippen LogP contribution in [0.15, 0.2) is 35.3 Å². The lowest BCUT2D eigenvalue weighted by atomic mass is 9.99. The maximum absolute atomic E-state index is 4.45. The number of likely N-dealkylation sites (tertiary alicyclic amines) is 1. The highest BCUT2D eigenvalue weighted by atomic mass is 15.3. The molecule has 122 valence electrons. The summed E-state index contributed by atoms with van der Waals surface area (Å²) < 4.78 is 0. The van der Waals surface area contributed by atoms with Crippen molar-refractivity contribution in [3.63, 3.8) is 0 Å². The van der Waals surface area contributed by atoms with Crippen LogP contribution in [0.25, 0.3) is 0 Å². The second-order valence-corrected chi connectivity index (χ2v) is 6.42. The first-order valence-corrected chi connectivity index (χ1v) is 8.33. The summed E-state index contributed by atoms with van der Waals surface area (Å²) in [4.78, 5) is 9.07. The molecule has 1 aliphatic heterocycles. The van der Waals surface area contributed by atoms with Gasteiger partial charge < -0.3 is 15.1 Å². The van der Waals surface area contributed by atoms with Gasteiger partial charge in [-0.2, -0.15) is 0 Å². The summed E-state index contributed by atoms with van der Waals surface area (Å²) >= 11 is 0. The Kier molecular flexibility index (Phi) is 6.72. The summed E-state index contributed by atoms with van der Waals surface area (Å²) in [5.74, 6) is 1.80. The molecule has 1 aromatic carbocycles. The molecule has 0 amide bonds. The van der Waals surface area contributed by atoms with E-state index in [1.807, 2.05) is 7.05 Å². The standard InChI is InChI=1S/C18H30N4/c1-19-18(20-11-7-12-21(2)3)22-13-10-17(15-22)14-16-8-5-4-6-9-16/h4-6,8-9,17H,7,10-15H2,1-3H3,(H,19,20). The monoisotopic (exact) mass is 302 g/mol. The molecule has 4 heteroatoms. The molecule has 1 atom stereocenters. The average Bonchev–Trinajstić information content (AvgIpc) is 2.96. The van der Waals surface area contributed by atoms with Crippen LogP contribution in [-0.4, -0.2) is 63.1 Å². The van der Waals surface area contributed by atoms with Gasteiger partial charge in [0.2, 0.25) is 0 Å². The maximum atomic E-state index is 4.45. The first kappa shape index (κ1) is 16.8. The van der Waals surface area contributed by atoms with Crippen LogP contribution in [0, 0.1) is 5.92 Å². The minimum atomic E-state index is 0.739. The van der Waals surface area contributed by atoms with Gasteiger partial charge >= 0.3 is 0 Å². The quantitative estimate of drug-likeness (QED) is 0.496. The van der Waals surface area contributed by atoms with Gasteiger partial charge in [0.25, 0.3) is 0 Å². The Morgan fingerprint density at radius 1 is 1.32 bits per heavy atom. The van der Waals surface area contributed by atoms with Crippen LogP contribution in [0.5, 0.6) is 0 Å². The summed E-state index contributed by atoms with van der Waals surface area (Å²) in [5.41, 5.74) is 1.45. The normalized spacial score (nSPS) is 19.0. The third-order valence-electron chi connectivity index (χ3n) is 4.23. The van der Waals surface area contributed by atoms with Gasteiger partial charge in [0.1, 0.15) is 0 Å². The van der Waals surface area contributed by atoms with Crippen molar-refractivity contribution in [2.24, 2.45) is 10.9 Å². The number of nitrogens with one attached hydrogen (secondary N) is 1. The van der Waals surface area contributed by atoms with E-state index in [4.69, 9.17) is 0 Å². The van der Waals surface area contributed by atoms with E-state index in [1.54, 1.807) is 0 Å². The molecular formula is C18H30N4. The third kappa shape index (κ3) is 5.34. The van der Waals surface area contributed by atoms with Gasteiger partial charge in [-0.25, -0.2) is 0 Å².